The monoisotopic (exact) mass is 798 g/mol. The lowest BCUT2D eigenvalue weighted by Crippen LogP contribution is -2.67. The van der Waals surface area contributed by atoms with Crippen LogP contribution in [0.25, 0.3) is 0 Å². The maximum Gasteiger partial charge on any atom is 0.186 e. The van der Waals surface area contributed by atoms with Gasteiger partial charge in [-0.15, -0.1) is 0 Å². The van der Waals surface area contributed by atoms with Gasteiger partial charge in [-0.1, -0.05) is 60.1 Å². The summed E-state index contributed by atoms with van der Waals surface area (Å²) in [7, 11) is 0. The van der Waals surface area contributed by atoms with Gasteiger partial charge in [-0.2, -0.15) is 0 Å². The zero-order valence-electron chi connectivity index (χ0n) is 34.1. The third kappa shape index (κ3) is 6.17. The van der Waals surface area contributed by atoms with E-state index in [1.165, 1.54) is 5.57 Å². The van der Waals surface area contributed by atoms with E-state index in [1.54, 1.807) is 0 Å². The van der Waals surface area contributed by atoms with Gasteiger partial charge in [0, 0.05) is 17.9 Å². The third-order valence-corrected chi connectivity index (χ3v) is 17.4. The van der Waals surface area contributed by atoms with E-state index in [4.69, 9.17) is 18.9 Å². The van der Waals surface area contributed by atoms with Crippen LogP contribution in [0.5, 0.6) is 0 Å². The van der Waals surface area contributed by atoms with E-state index in [1.807, 2.05) is 0 Å². The minimum Gasteiger partial charge on any atom is -0.396 e. The van der Waals surface area contributed by atoms with Gasteiger partial charge < -0.3 is 70.0 Å². The van der Waals surface area contributed by atoms with Crippen LogP contribution in [0.4, 0.5) is 0 Å². The Labute approximate surface area is 330 Å². The molecule has 7 rings (SSSR count). The van der Waals surface area contributed by atoms with Crippen molar-refractivity contribution in [2.45, 2.75) is 173 Å². The van der Waals surface area contributed by atoms with Crippen molar-refractivity contribution < 1.29 is 70.0 Å². The predicted molar refractivity (Wildman–Crippen MR) is 200 cm³/mol. The summed E-state index contributed by atoms with van der Waals surface area (Å²) in [6.45, 7) is 14.5. The molecule has 0 aromatic rings. The lowest BCUT2D eigenvalue weighted by Gasteiger charge is -2.70. The van der Waals surface area contributed by atoms with E-state index in [-0.39, 0.29) is 51.9 Å². The molecule has 0 radical (unpaired) electrons. The molecule has 56 heavy (non-hydrogen) atoms. The highest BCUT2D eigenvalue weighted by Gasteiger charge is 2.72. The Morgan fingerprint density at radius 1 is 0.732 bits per heavy atom. The SMILES string of the molecule is CC(C)[C@@H]1C[C@@H](O)[C@H]2[C@@]1(CO)CC[C@@]1(C)[C@H]3C(=CC[C@]21C)[C@@]1(C)CC[C@H](O[C@@H]2O[C@H](CO[C@@H]4O[C@H](CO)[C@@H](O)[C@H](O)[C@H]4O)[C@@H](O)[C@H](O)[C@H]2O)C(C)(C)[C@@H]1C[C@@H]3O. The Bertz CT molecular complexity index is 1460. The Morgan fingerprint density at radius 2 is 1.36 bits per heavy atom. The van der Waals surface area contributed by atoms with Crippen LogP contribution in [0.3, 0.4) is 0 Å². The summed E-state index contributed by atoms with van der Waals surface area (Å²) >= 11 is 0. The Kier molecular flexibility index (Phi) is 11.6. The van der Waals surface area contributed by atoms with Crippen molar-refractivity contribution in [2.24, 2.45) is 56.7 Å². The largest absolute Gasteiger partial charge is 0.396 e. The van der Waals surface area contributed by atoms with Crippen molar-refractivity contribution >= 4 is 0 Å². The van der Waals surface area contributed by atoms with Crippen molar-refractivity contribution in [2.75, 3.05) is 19.8 Å². The molecule has 0 amide bonds. The summed E-state index contributed by atoms with van der Waals surface area (Å²) in [4.78, 5) is 0. The molecule has 10 N–H and O–H groups in total. The fourth-order valence-electron chi connectivity index (χ4n) is 14.2. The van der Waals surface area contributed by atoms with Crippen molar-refractivity contribution in [3.05, 3.63) is 11.6 Å². The molecular weight excluding hydrogens is 728 g/mol. The van der Waals surface area contributed by atoms with Crippen LogP contribution < -0.4 is 0 Å². The number of hydrogen-bond donors (Lipinski definition) is 10. The first-order valence-corrected chi connectivity index (χ1v) is 21.1. The minimum absolute atomic E-state index is 0.0247. The molecule has 0 aromatic heterocycles. The van der Waals surface area contributed by atoms with E-state index >= 15 is 0 Å². The summed E-state index contributed by atoms with van der Waals surface area (Å²) in [6, 6.07) is 0. The maximum absolute atomic E-state index is 12.4. The molecule has 6 fully saturated rings. The van der Waals surface area contributed by atoms with Crippen LogP contribution in [0, 0.1) is 56.7 Å². The second kappa shape index (κ2) is 15.0. The van der Waals surface area contributed by atoms with E-state index in [0.29, 0.717) is 25.2 Å². The number of fused-ring (bicyclic) bond motifs is 7. The number of rotatable bonds is 8. The molecule has 0 bridgehead atoms. The van der Waals surface area contributed by atoms with E-state index in [0.717, 1.165) is 25.7 Å². The van der Waals surface area contributed by atoms with Crippen molar-refractivity contribution in [1.82, 2.24) is 0 Å². The smallest absolute Gasteiger partial charge is 0.186 e. The number of aliphatic hydroxyl groups is 10. The number of allylic oxidation sites excluding steroid dienone is 1. The van der Waals surface area contributed by atoms with Gasteiger partial charge in [0.05, 0.1) is 31.5 Å². The highest BCUT2D eigenvalue weighted by atomic mass is 16.7. The van der Waals surface area contributed by atoms with Crippen molar-refractivity contribution in [1.29, 1.82) is 0 Å². The van der Waals surface area contributed by atoms with Crippen LogP contribution in [0.2, 0.25) is 0 Å². The third-order valence-electron chi connectivity index (χ3n) is 17.4. The van der Waals surface area contributed by atoms with Crippen LogP contribution in [0.1, 0.15) is 93.4 Å². The molecule has 7 aliphatic rings. The zero-order valence-corrected chi connectivity index (χ0v) is 34.1. The molecule has 0 aromatic carbocycles. The van der Waals surface area contributed by atoms with Gasteiger partial charge in [0.15, 0.2) is 12.6 Å². The molecule has 4 saturated carbocycles. The van der Waals surface area contributed by atoms with Gasteiger partial charge in [0.1, 0.15) is 48.8 Å². The van der Waals surface area contributed by atoms with Gasteiger partial charge in [-0.05, 0) is 90.3 Å². The van der Waals surface area contributed by atoms with E-state index < -0.39 is 98.4 Å². The molecule has 21 atom stereocenters. The quantitative estimate of drug-likeness (QED) is 0.120. The van der Waals surface area contributed by atoms with Crippen molar-refractivity contribution in [3.8, 4) is 0 Å². The molecule has 0 unspecified atom stereocenters. The van der Waals surface area contributed by atoms with Crippen LogP contribution in [-0.2, 0) is 18.9 Å². The van der Waals surface area contributed by atoms with Gasteiger partial charge in [0.25, 0.3) is 0 Å². The fourth-order valence-corrected chi connectivity index (χ4v) is 14.2. The summed E-state index contributed by atoms with van der Waals surface area (Å²) < 4.78 is 23.6. The first-order chi connectivity index (χ1) is 26.1. The number of ether oxygens (including phenoxy) is 4. The summed E-state index contributed by atoms with van der Waals surface area (Å²) in [6.07, 6.45) is -9.34. The first-order valence-electron chi connectivity index (χ1n) is 21.1. The minimum atomic E-state index is -1.67. The van der Waals surface area contributed by atoms with Crippen LogP contribution >= 0.6 is 0 Å². The maximum atomic E-state index is 12.4. The van der Waals surface area contributed by atoms with Crippen molar-refractivity contribution in [3.63, 3.8) is 0 Å². The Morgan fingerprint density at radius 3 is 1.98 bits per heavy atom. The summed E-state index contributed by atoms with van der Waals surface area (Å²) in [5.41, 5.74) is -0.525. The van der Waals surface area contributed by atoms with Gasteiger partial charge in [0.2, 0.25) is 0 Å². The average molecular weight is 799 g/mol. The molecule has 2 saturated heterocycles. The molecule has 322 valence electrons. The Balaban J connectivity index is 1.09. The van der Waals surface area contributed by atoms with E-state index in [9.17, 15) is 51.1 Å². The molecular formula is C42H70O14. The van der Waals surface area contributed by atoms with Gasteiger partial charge in [-0.25, -0.2) is 0 Å². The van der Waals surface area contributed by atoms with E-state index in [2.05, 4.69) is 54.5 Å². The lowest BCUT2D eigenvalue weighted by molar-refractivity contribution is -0.344. The van der Waals surface area contributed by atoms with Gasteiger partial charge in [-0.3, -0.25) is 0 Å². The second-order valence-electron chi connectivity index (χ2n) is 20.5. The van der Waals surface area contributed by atoms with Crippen LogP contribution in [0.15, 0.2) is 11.6 Å². The average Bonchev–Trinajstić information content (AvgIpc) is 3.47. The molecule has 14 heteroatoms. The molecule has 0 spiro atoms. The topological polar surface area (TPSA) is 239 Å². The standard InChI is InChI=1S/C42H70O14/c1-19(2)21-14-23(46)35-41(7)11-8-20-28(40(41,6)12-13-42(21,35)18-44)22(45)15-26-38(3,4)27(9-10-39(20,26)5)56-37-34(52)32(50)30(48)25(55-37)17-53-36-33(51)31(49)29(47)24(16-43)54-36/h8,19,21-37,43-52H,9-18H2,1-7H3/t21-,22-,23+,24+,25+,26-,27-,28-,29+,30+,31-,32-,33+,34+,35+,36+,37-,39+,40-,41+,42+/m0/s1. The predicted octanol–water partition coefficient (Wildman–Crippen LogP) is 0.587. The molecule has 14 nitrogen and oxygen atoms in total. The van der Waals surface area contributed by atoms with Crippen LogP contribution in [-0.4, -0.2) is 151 Å². The lowest BCUT2D eigenvalue weighted by atomic mass is 9.35. The Hall–Kier alpha value is -0.820. The zero-order chi connectivity index (χ0) is 41.1. The highest BCUT2D eigenvalue weighted by molar-refractivity contribution is 5.35. The highest BCUT2D eigenvalue weighted by Crippen LogP contribution is 2.76. The fraction of sp³-hybridized carbons (Fsp3) is 0.952. The number of aliphatic hydroxyl groups excluding tert-OH is 10. The van der Waals surface area contributed by atoms with Gasteiger partial charge >= 0.3 is 0 Å². The molecule has 5 aliphatic carbocycles. The summed E-state index contributed by atoms with van der Waals surface area (Å²) in [5, 5.41) is 108. The first kappa shape index (κ1) is 43.3. The second-order valence-corrected chi connectivity index (χ2v) is 20.5. The molecule has 2 aliphatic heterocycles. The summed E-state index contributed by atoms with van der Waals surface area (Å²) in [5.74, 6) is 0.359. The normalized spacial score (nSPS) is 55.5. The molecule has 2 heterocycles. The number of hydrogen-bond acceptors (Lipinski definition) is 14.